The molecule has 6 nitrogen and oxygen atoms in total. The number of aliphatic hydroxyl groups excluding tert-OH is 4. The highest BCUT2D eigenvalue weighted by Gasteiger charge is 2.28. The second kappa shape index (κ2) is 68.8. The molecule has 5 N–H and O–H groups in total. The van der Waals surface area contributed by atoms with Crippen molar-refractivity contribution in [3.8, 4) is 0 Å². The van der Waals surface area contributed by atoms with E-state index in [4.69, 9.17) is 0 Å². The maximum Gasteiger partial charge on any atom is 0.249 e. The number of rotatable bonds is 70. The van der Waals surface area contributed by atoms with Gasteiger partial charge in [0.05, 0.1) is 18.8 Å². The molecule has 0 rings (SSSR count). The molecule has 0 aliphatic rings. The van der Waals surface area contributed by atoms with Gasteiger partial charge in [-0.05, 0) is 38.5 Å². The predicted octanol–water partition coefficient (Wildman–Crippen LogP) is 23.1. The third kappa shape index (κ3) is 61.6. The summed E-state index contributed by atoms with van der Waals surface area (Å²) in [6, 6.07) is -1.00. The van der Waals surface area contributed by atoms with Crippen LogP contribution in [0.25, 0.3) is 0 Å². The summed E-state index contributed by atoms with van der Waals surface area (Å²) in [5, 5.41) is 44.3. The fourth-order valence-corrected chi connectivity index (χ4v) is 12.2. The second-order valence-electron chi connectivity index (χ2n) is 26.0. The van der Waals surface area contributed by atoms with E-state index in [1.54, 1.807) is 0 Å². The lowest BCUT2D eigenvalue weighted by Crippen LogP contribution is -2.53. The summed E-state index contributed by atoms with van der Waals surface area (Å²) in [6.07, 6.45) is 86.5. The fraction of sp³-hybridized carbons (Fsp3) is 0.959. The lowest BCUT2D eigenvalue weighted by molar-refractivity contribution is -0.132. The van der Waals surface area contributed by atoms with Crippen molar-refractivity contribution in [2.75, 3.05) is 6.61 Å². The van der Waals surface area contributed by atoms with Crippen molar-refractivity contribution in [2.24, 2.45) is 0 Å². The minimum Gasteiger partial charge on any atom is -0.394 e. The lowest BCUT2D eigenvalue weighted by Gasteiger charge is -2.27. The third-order valence-electron chi connectivity index (χ3n) is 18.0. The van der Waals surface area contributed by atoms with E-state index in [0.29, 0.717) is 12.8 Å². The van der Waals surface area contributed by atoms with E-state index in [9.17, 15) is 25.2 Å². The molecule has 478 valence electrons. The van der Waals surface area contributed by atoms with Gasteiger partial charge < -0.3 is 25.7 Å². The molecule has 0 bridgehead atoms. The number of amides is 1. The van der Waals surface area contributed by atoms with Gasteiger partial charge in [0.2, 0.25) is 5.91 Å². The van der Waals surface area contributed by atoms with E-state index in [-0.39, 0.29) is 0 Å². The highest BCUT2D eigenvalue weighted by atomic mass is 16.3. The van der Waals surface area contributed by atoms with Gasteiger partial charge in [0, 0.05) is 0 Å². The Bertz CT molecular complexity index is 1180. The Morgan fingerprint density at radius 2 is 0.512 bits per heavy atom. The number of allylic oxidation sites excluding steroid dienone is 2. The topological polar surface area (TPSA) is 110 Å². The van der Waals surface area contributed by atoms with Gasteiger partial charge in [-0.15, -0.1) is 0 Å². The van der Waals surface area contributed by atoms with Gasteiger partial charge >= 0.3 is 0 Å². The van der Waals surface area contributed by atoms with E-state index in [1.807, 2.05) is 0 Å². The number of hydrogen-bond acceptors (Lipinski definition) is 5. The molecule has 0 aromatic carbocycles. The highest BCUT2D eigenvalue weighted by Crippen LogP contribution is 2.20. The van der Waals surface area contributed by atoms with Crippen molar-refractivity contribution in [1.82, 2.24) is 5.32 Å². The van der Waals surface area contributed by atoms with Crippen molar-refractivity contribution in [2.45, 2.75) is 449 Å². The maximum atomic E-state index is 12.7. The van der Waals surface area contributed by atoms with Crippen LogP contribution in [0, 0.1) is 0 Å². The Hall–Kier alpha value is -0.950. The zero-order valence-electron chi connectivity index (χ0n) is 54.6. The Labute approximate surface area is 502 Å². The van der Waals surface area contributed by atoms with E-state index in [1.165, 1.54) is 360 Å². The van der Waals surface area contributed by atoms with Gasteiger partial charge in [-0.1, -0.05) is 398 Å². The van der Waals surface area contributed by atoms with E-state index in [0.717, 1.165) is 38.5 Å². The van der Waals surface area contributed by atoms with Crippen LogP contribution in [0.5, 0.6) is 0 Å². The van der Waals surface area contributed by atoms with Crippen LogP contribution in [0.3, 0.4) is 0 Å². The molecule has 0 radical (unpaired) electrons. The molecule has 0 saturated heterocycles. The normalized spacial score (nSPS) is 13.4. The minimum absolute atomic E-state index is 0.369. The molecule has 6 heteroatoms. The summed E-state index contributed by atoms with van der Waals surface area (Å²) in [5.41, 5.74) is 0. The minimum atomic E-state index is -1.28. The molecule has 4 unspecified atom stereocenters. The standard InChI is InChI=1S/C74H147NO5/c1-3-5-7-9-11-13-15-17-19-21-23-25-27-29-31-33-35-37-39-41-43-45-47-49-51-53-55-57-59-61-63-65-67-71(77)73(79)70(69-76)75-74(80)72(78)68-66-64-62-60-58-56-54-52-50-48-46-44-42-40-38-36-34-32-30-28-26-24-22-20-18-16-14-12-10-8-6-4-2/h59,61,70-73,76-79H,3-58,60,62-69H2,1-2H3,(H,75,80)/b61-59+. The van der Waals surface area contributed by atoms with E-state index < -0.39 is 36.9 Å². The van der Waals surface area contributed by atoms with Crippen LogP contribution in [0.2, 0.25) is 0 Å². The first kappa shape index (κ1) is 79.0. The Morgan fingerprint density at radius 1 is 0.300 bits per heavy atom. The molecule has 0 spiro atoms. The number of aliphatic hydroxyl groups is 4. The Morgan fingerprint density at radius 3 is 0.750 bits per heavy atom. The number of unbranched alkanes of at least 4 members (excludes halogenated alkanes) is 59. The molecule has 0 aromatic heterocycles. The first-order valence-corrected chi connectivity index (χ1v) is 37.1. The number of carbonyl (C=O) groups is 1. The van der Waals surface area contributed by atoms with Gasteiger partial charge in [-0.3, -0.25) is 4.79 Å². The van der Waals surface area contributed by atoms with E-state index in [2.05, 4.69) is 31.3 Å². The van der Waals surface area contributed by atoms with Crippen LogP contribution in [0.4, 0.5) is 0 Å². The van der Waals surface area contributed by atoms with Crippen molar-refractivity contribution >= 4 is 5.91 Å². The average Bonchev–Trinajstić information content (AvgIpc) is 3.46. The largest absolute Gasteiger partial charge is 0.394 e. The molecule has 0 aromatic rings. The predicted molar refractivity (Wildman–Crippen MR) is 353 cm³/mol. The third-order valence-corrected chi connectivity index (χ3v) is 18.0. The first-order chi connectivity index (χ1) is 39.5. The molecular formula is C74H147NO5. The van der Waals surface area contributed by atoms with Crippen LogP contribution in [0.1, 0.15) is 425 Å². The van der Waals surface area contributed by atoms with Gasteiger partial charge in [0.25, 0.3) is 0 Å². The molecule has 0 fully saturated rings. The van der Waals surface area contributed by atoms with Gasteiger partial charge in [0.1, 0.15) is 12.2 Å². The summed E-state index contributed by atoms with van der Waals surface area (Å²) in [7, 11) is 0. The summed E-state index contributed by atoms with van der Waals surface area (Å²) >= 11 is 0. The molecule has 1 amide bonds. The van der Waals surface area contributed by atoms with Crippen LogP contribution >= 0.6 is 0 Å². The monoisotopic (exact) mass is 1130 g/mol. The van der Waals surface area contributed by atoms with Crippen LogP contribution < -0.4 is 5.32 Å². The van der Waals surface area contributed by atoms with Crippen molar-refractivity contribution in [3.05, 3.63) is 12.2 Å². The number of carbonyl (C=O) groups excluding carboxylic acids is 1. The van der Waals surface area contributed by atoms with Crippen LogP contribution in [0.15, 0.2) is 12.2 Å². The van der Waals surface area contributed by atoms with Gasteiger partial charge in [0.15, 0.2) is 0 Å². The zero-order valence-corrected chi connectivity index (χ0v) is 54.6. The Balaban J connectivity index is 3.52. The molecule has 80 heavy (non-hydrogen) atoms. The number of hydrogen-bond donors (Lipinski definition) is 5. The SMILES string of the molecule is CCCCCCCCCCCCCCCCCCCCCCCCCCCCC/C=C/CCCC(O)C(O)C(CO)NC(=O)C(O)CCCCCCCCCCCCCCCCCCCCCCCCCCCCCCCCCC. The smallest absolute Gasteiger partial charge is 0.249 e. The van der Waals surface area contributed by atoms with Gasteiger partial charge in [-0.25, -0.2) is 0 Å². The lowest BCUT2D eigenvalue weighted by atomic mass is 10.00. The Kier molecular flexibility index (Phi) is 68.0. The summed E-state index contributed by atoms with van der Waals surface area (Å²) in [5.74, 6) is -0.583. The quantitative estimate of drug-likeness (QED) is 0.0308. The number of nitrogens with one attached hydrogen (secondary N) is 1. The zero-order chi connectivity index (χ0) is 58.0. The molecule has 0 saturated carbocycles. The highest BCUT2D eigenvalue weighted by molar-refractivity contribution is 5.80. The van der Waals surface area contributed by atoms with Crippen LogP contribution in [-0.4, -0.2) is 57.3 Å². The van der Waals surface area contributed by atoms with E-state index >= 15 is 0 Å². The summed E-state index contributed by atoms with van der Waals surface area (Å²) < 4.78 is 0. The first-order valence-electron chi connectivity index (χ1n) is 37.1. The average molecular weight is 1130 g/mol. The molecule has 0 heterocycles. The van der Waals surface area contributed by atoms with Gasteiger partial charge in [-0.2, -0.15) is 0 Å². The second-order valence-corrected chi connectivity index (χ2v) is 26.0. The summed E-state index contributed by atoms with van der Waals surface area (Å²) in [4.78, 5) is 12.7. The van der Waals surface area contributed by atoms with Crippen LogP contribution in [-0.2, 0) is 4.79 Å². The fourth-order valence-electron chi connectivity index (χ4n) is 12.2. The maximum absolute atomic E-state index is 12.7. The van der Waals surface area contributed by atoms with Crippen molar-refractivity contribution < 1.29 is 25.2 Å². The summed E-state index contributed by atoms with van der Waals surface area (Å²) in [6.45, 7) is 4.11. The molecule has 0 aliphatic carbocycles. The molecular weight excluding hydrogens is 983 g/mol. The van der Waals surface area contributed by atoms with Crippen molar-refractivity contribution in [3.63, 3.8) is 0 Å². The van der Waals surface area contributed by atoms with Crippen molar-refractivity contribution in [1.29, 1.82) is 0 Å². The molecule has 4 atom stereocenters. The molecule has 0 aliphatic heterocycles.